The van der Waals surface area contributed by atoms with E-state index in [-0.39, 0.29) is 41.3 Å². The summed E-state index contributed by atoms with van der Waals surface area (Å²) in [5, 5.41) is 3.34. The van der Waals surface area contributed by atoms with E-state index >= 15 is 0 Å². The van der Waals surface area contributed by atoms with Crippen LogP contribution < -0.4 is 20.9 Å². The first-order valence-corrected chi connectivity index (χ1v) is 12.9. The number of rotatable bonds is 4. The van der Waals surface area contributed by atoms with Gasteiger partial charge in [0.15, 0.2) is 0 Å². The van der Waals surface area contributed by atoms with Gasteiger partial charge in [-0.3, -0.25) is 4.79 Å². The van der Waals surface area contributed by atoms with E-state index in [1.54, 1.807) is 12.4 Å². The maximum absolute atomic E-state index is 13.3. The topological polar surface area (TPSA) is 126 Å². The number of anilines is 3. The van der Waals surface area contributed by atoms with E-state index in [2.05, 4.69) is 45.9 Å². The molecule has 3 fully saturated rings. The number of ether oxygens (including phenoxy) is 1. The lowest BCUT2D eigenvalue weighted by atomic mass is 9.76. The number of carbonyl (C=O) groups is 1. The fourth-order valence-corrected chi connectivity index (χ4v) is 5.94. The van der Waals surface area contributed by atoms with Gasteiger partial charge in [-0.05, 0) is 19.8 Å². The highest BCUT2D eigenvalue weighted by atomic mass is 35.5. The normalized spacial score (nSPS) is 26.5. The van der Waals surface area contributed by atoms with Crippen molar-refractivity contribution in [3.8, 4) is 11.3 Å². The largest absolute Gasteiger partial charge is 0.378 e. The lowest BCUT2D eigenvalue weighted by Crippen LogP contribution is -2.66. The SMILES string of the molecule is CC1(C)CN[C@@H]1C(=O)N1CC[C@](C)(N2CCc3c(-c4cnc(N)nc4)nc(N4CCOCC4)nc32)C1.Cl. The molecule has 37 heavy (non-hydrogen) atoms. The van der Waals surface area contributed by atoms with Crippen LogP contribution in [0.25, 0.3) is 11.3 Å². The predicted octanol–water partition coefficient (Wildman–Crippen LogP) is 1.13. The molecule has 0 bridgehead atoms. The smallest absolute Gasteiger partial charge is 0.240 e. The van der Waals surface area contributed by atoms with Gasteiger partial charge in [-0.25, -0.2) is 15.0 Å². The zero-order valence-corrected chi connectivity index (χ0v) is 22.6. The van der Waals surface area contributed by atoms with Gasteiger partial charge in [0.25, 0.3) is 0 Å². The Morgan fingerprint density at radius 1 is 1.11 bits per heavy atom. The molecule has 0 aromatic carbocycles. The number of amides is 1. The summed E-state index contributed by atoms with van der Waals surface area (Å²) in [6.07, 6.45) is 5.21. The Hall–Kier alpha value is -2.76. The number of halogens is 1. The summed E-state index contributed by atoms with van der Waals surface area (Å²) in [4.78, 5) is 38.4. The number of nitrogens with zero attached hydrogens (tertiary/aromatic N) is 7. The molecule has 3 N–H and O–H groups in total. The van der Waals surface area contributed by atoms with Crippen molar-refractivity contribution in [1.29, 1.82) is 0 Å². The van der Waals surface area contributed by atoms with Crippen molar-refractivity contribution in [2.24, 2.45) is 5.41 Å². The van der Waals surface area contributed by atoms with Crippen LogP contribution >= 0.6 is 12.4 Å². The molecule has 4 aliphatic rings. The monoisotopic (exact) mass is 529 g/mol. The van der Waals surface area contributed by atoms with Crippen molar-refractivity contribution in [3.05, 3.63) is 18.0 Å². The summed E-state index contributed by atoms with van der Waals surface area (Å²) in [5.74, 6) is 2.11. The fraction of sp³-hybridized carbons (Fsp3) is 0.640. The highest BCUT2D eigenvalue weighted by Crippen LogP contribution is 2.42. The van der Waals surface area contributed by atoms with Crippen LogP contribution in [0, 0.1) is 5.41 Å². The van der Waals surface area contributed by atoms with Crippen molar-refractivity contribution in [2.75, 3.05) is 68.0 Å². The molecule has 0 spiro atoms. The average molecular weight is 530 g/mol. The van der Waals surface area contributed by atoms with Gasteiger partial charge in [0.2, 0.25) is 17.8 Å². The Morgan fingerprint density at radius 3 is 2.49 bits per heavy atom. The lowest BCUT2D eigenvalue weighted by Gasteiger charge is -2.46. The number of nitrogens with two attached hydrogens (primary N) is 1. The minimum Gasteiger partial charge on any atom is -0.378 e. The minimum atomic E-state index is -0.194. The first-order valence-electron chi connectivity index (χ1n) is 12.9. The van der Waals surface area contributed by atoms with Crippen LogP contribution in [0.3, 0.4) is 0 Å². The Labute approximate surface area is 223 Å². The van der Waals surface area contributed by atoms with E-state index < -0.39 is 0 Å². The van der Waals surface area contributed by atoms with Gasteiger partial charge in [0, 0.05) is 68.2 Å². The van der Waals surface area contributed by atoms with E-state index in [9.17, 15) is 4.79 Å². The van der Waals surface area contributed by atoms with Crippen molar-refractivity contribution in [1.82, 2.24) is 30.2 Å². The number of morpholine rings is 1. The van der Waals surface area contributed by atoms with E-state index in [0.29, 0.717) is 25.7 Å². The van der Waals surface area contributed by atoms with Gasteiger partial charge in [0.1, 0.15) is 5.82 Å². The number of likely N-dealkylation sites (tertiary alicyclic amines) is 1. The standard InChI is InChI=1S/C25H35N9O2.ClH/c1-24(2)14-29-19(24)21(35)33-7-5-25(3,15-33)34-6-4-17-18(16-12-27-22(26)28-13-16)30-23(31-20(17)34)32-8-10-36-11-9-32;/h12-13,19,29H,4-11,14-15H2,1-3H3,(H2,26,27,28);1H/t19-,25+;/m1./s1. The van der Waals surface area contributed by atoms with Gasteiger partial charge in [-0.1, -0.05) is 13.8 Å². The molecule has 3 saturated heterocycles. The van der Waals surface area contributed by atoms with Gasteiger partial charge in [-0.15, -0.1) is 12.4 Å². The van der Waals surface area contributed by atoms with Crippen LogP contribution in [0.2, 0.25) is 0 Å². The number of nitrogens with one attached hydrogen (secondary N) is 1. The van der Waals surface area contributed by atoms with Crippen molar-refractivity contribution >= 4 is 36.0 Å². The van der Waals surface area contributed by atoms with E-state index in [4.69, 9.17) is 20.4 Å². The molecule has 0 radical (unpaired) electrons. The molecule has 11 nitrogen and oxygen atoms in total. The summed E-state index contributed by atoms with van der Waals surface area (Å²) < 4.78 is 5.56. The highest BCUT2D eigenvalue weighted by Gasteiger charge is 2.49. The Bertz CT molecular complexity index is 1170. The first-order chi connectivity index (χ1) is 17.2. The third-order valence-corrected chi connectivity index (χ3v) is 8.26. The third kappa shape index (κ3) is 4.46. The van der Waals surface area contributed by atoms with E-state index in [1.807, 2.05) is 4.90 Å². The van der Waals surface area contributed by atoms with Gasteiger partial charge < -0.3 is 30.5 Å². The molecule has 0 aliphatic carbocycles. The Balaban J connectivity index is 0.00000280. The summed E-state index contributed by atoms with van der Waals surface area (Å²) in [6, 6.07) is -0.0990. The van der Waals surface area contributed by atoms with Gasteiger partial charge in [0.05, 0.1) is 30.5 Å². The van der Waals surface area contributed by atoms with E-state index in [0.717, 1.165) is 68.2 Å². The number of hydrogen-bond acceptors (Lipinski definition) is 10. The molecule has 200 valence electrons. The summed E-state index contributed by atoms with van der Waals surface area (Å²) in [7, 11) is 0. The quantitative estimate of drug-likeness (QED) is 0.595. The molecule has 4 aliphatic heterocycles. The maximum Gasteiger partial charge on any atom is 0.240 e. The number of carbonyl (C=O) groups excluding carboxylic acids is 1. The number of nitrogen functional groups attached to an aromatic ring is 1. The van der Waals surface area contributed by atoms with Crippen LogP contribution in [-0.2, 0) is 16.0 Å². The summed E-state index contributed by atoms with van der Waals surface area (Å²) in [5.41, 5.74) is 8.37. The van der Waals surface area contributed by atoms with Crippen molar-refractivity contribution < 1.29 is 9.53 Å². The number of aromatic nitrogens is 4. The molecule has 2 aromatic rings. The summed E-state index contributed by atoms with van der Waals surface area (Å²) >= 11 is 0. The Kier molecular flexibility index (Phi) is 6.66. The van der Waals surface area contributed by atoms with E-state index in [1.165, 1.54) is 0 Å². The second-order valence-corrected chi connectivity index (χ2v) is 11.3. The molecule has 12 heteroatoms. The molecular formula is C25H36ClN9O2. The molecule has 2 atom stereocenters. The van der Waals surface area contributed by atoms with Crippen LogP contribution in [0.15, 0.2) is 12.4 Å². The van der Waals surface area contributed by atoms with Gasteiger partial charge >= 0.3 is 0 Å². The van der Waals surface area contributed by atoms with Gasteiger partial charge in [-0.2, -0.15) is 4.98 Å². The zero-order chi connectivity index (χ0) is 25.1. The molecule has 6 heterocycles. The van der Waals surface area contributed by atoms with Crippen LogP contribution in [0.1, 0.15) is 32.8 Å². The third-order valence-electron chi connectivity index (χ3n) is 8.26. The van der Waals surface area contributed by atoms with Crippen molar-refractivity contribution in [3.63, 3.8) is 0 Å². The second kappa shape index (κ2) is 9.52. The molecule has 0 saturated carbocycles. The fourth-order valence-electron chi connectivity index (χ4n) is 5.94. The highest BCUT2D eigenvalue weighted by molar-refractivity contribution is 5.85. The molecule has 1 amide bonds. The van der Waals surface area contributed by atoms with Crippen LogP contribution in [0.5, 0.6) is 0 Å². The molecule has 2 aromatic heterocycles. The minimum absolute atomic E-state index is 0. The zero-order valence-electron chi connectivity index (χ0n) is 21.7. The lowest BCUT2D eigenvalue weighted by molar-refractivity contribution is -0.139. The molecule has 6 rings (SSSR count). The first kappa shape index (κ1) is 25.9. The maximum atomic E-state index is 13.3. The van der Waals surface area contributed by atoms with Crippen molar-refractivity contribution in [2.45, 2.75) is 45.2 Å². The molecular weight excluding hydrogens is 494 g/mol. The number of hydrogen-bond donors (Lipinski definition) is 2. The second-order valence-electron chi connectivity index (χ2n) is 11.3. The molecule has 0 unspecified atom stereocenters. The predicted molar refractivity (Wildman–Crippen MR) is 144 cm³/mol. The number of fused-ring (bicyclic) bond motifs is 1. The van der Waals surface area contributed by atoms with Crippen LogP contribution in [-0.4, -0.2) is 94.8 Å². The summed E-state index contributed by atoms with van der Waals surface area (Å²) in [6.45, 7) is 12.6. The average Bonchev–Trinajstić information content (AvgIpc) is 3.49. The Morgan fingerprint density at radius 2 is 1.84 bits per heavy atom. The van der Waals surface area contributed by atoms with Crippen LogP contribution in [0.4, 0.5) is 17.7 Å².